The predicted molar refractivity (Wildman–Crippen MR) is 128 cm³/mol. The van der Waals surface area contributed by atoms with Crippen LogP contribution in [0.25, 0.3) is 16.6 Å². The second-order valence-electron chi connectivity index (χ2n) is 7.80. The maximum atomic E-state index is 13.5. The van der Waals surface area contributed by atoms with Crippen molar-refractivity contribution in [3.8, 4) is 5.69 Å². The van der Waals surface area contributed by atoms with Crippen molar-refractivity contribution in [2.45, 2.75) is 24.3 Å². The number of rotatable bonds is 5. The molecule has 0 saturated carbocycles. The minimum Gasteiger partial charge on any atom is -0.450 e. The van der Waals surface area contributed by atoms with Gasteiger partial charge >= 0.3 is 6.09 Å². The number of hydrogen-bond acceptors (Lipinski definition) is 6. The summed E-state index contributed by atoms with van der Waals surface area (Å²) in [5.41, 5.74) is 0.702. The maximum Gasteiger partial charge on any atom is 0.409 e. The van der Waals surface area contributed by atoms with Crippen LogP contribution < -0.4 is 5.56 Å². The number of carbonyl (C=O) groups is 2. The highest BCUT2D eigenvalue weighted by atomic mass is 32.2. The predicted octanol–water partition coefficient (Wildman–Crippen LogP) is 3.31. The van der Waals surface area contributed by atoms with Crippen molar-refractivity contribution in [2.24, 2.45) is 0 Å². The highest BCUT2D eigenvalue weighted by molar-refractivity contribution is 8.00. The van der Waals surface area contributed by atoms with E-state index in [0.717, 1.165) is 0 Å². The molecule has 34 heavy (non-hydrogen) atoms. The topological polar surface area (TPSA) is 84.7 Å². The van der Waals surface area contributed by atoms with Gasteiger partial charge in [0.15, 0.2) is 5.16 Å². The molecular formula is C24H25FN4O4S. The molecule has 8 nitrogen and oxygen atoms in total. The number of halogens is 1. The second kappa shape index (κ2) is 10.3. The van der Waals surface area contributed by atoms with E-state index >= 15 is 0 Å². The molecule has 1 fully saturated rings. The molecule has 178 valence electrons. The number of amides is 2. The van der Waals surface area contributed by atoms with Crippen LogP contribution in [0.5, 0.6) is 0 Å². The van der Waals surface area contributed by atoms with E-state index in [9.17, 15) is 18.8 Å². The van der Waals surface area contributed by atoms with Crippen molar-refractivity contribution in [3.63, 3.8) is 0 Å². The molecule has 3 aromatic rings. The van der Waals surface area contributed by atoms with Gasteiger partial charge in [-0.25, -0.2) is 14.2 Å². The fraction of sp³-hybridized carbons (Fsp3) is 0.333. The smallest absolute Gasteiger partial charge is 0.409 e. The summed E-state index contributed by atoms with van der Waals surface area (Å²) >= 11 is 1.18. The molecule has 1 unspecified atom stereocenters. The number of ether oxygens (including phenoxy) is 1. The fourth-order valence-corrected chi connectivity index (χ4v) is 4.81. The Balaban J connectivity index is 1.58. The van der Waals surface area contributed by atoms with Crippen LogP contribution in [-0.2, 0) is 9.53 Å². The summed E-state index contributed by atoms with van der Waals surface area (Å²) in [7, 11) is 0. The van der Waals surface area contributed by atoms with Crippen LogP contribution in [0.1, 0.15) is 13.8 Å². The van der Waals surface area contributed by atoms with E-state index in [-0.39, 0.29) is 17.6 Å². The largest absolute Gasteiger partial charge is 0.450 e. The lowest BCUT2D eigenvalue weighted by Gasteiger charge is -2.35. The first kappa shape index (κ1) is 23.7. The highest BCUT2D eigenvalue weighted by Gasteiger charge is 2.29. The van der Waals surface area contributed by atoms with Gasteiger partial charge in [-0.05, 0) is 50.2 Å². The fourth-order valence-electron chi connectivity index (χ4n) is 3.80. The number of benzene rings is 2. The van der Waals surface area contributed by atoms with Crippen LogP contribution in [-0.4, -0.2) is 69.4 Å². The van der Waals surface area contributed by atoms with Crippen LogP contribution in [0.3, 0.4) is 0 Å². The standard InChI is InChI=1S/C24H25FN4O4S/c1-3-33-24(32)28-14-12-27(13-15-28)21(30)16(2)34-23-26-20-7-5-4-6-19(20)22(31)29(23)18-10-8-17(25)9-11-18/h4-11,16H,3,12-15H2,1-2H3. The van der Waals surface area contributed by atoms with E-state index in [4.69, 9.17) is 4.74 Å². The minimum atomic E-state index is -0.533. The van der Waals surface area contributed by atoms with Gasteiger partial charge in [0, 0.05) is 26.2 Å². The highest BCUT2D eigenvalue weighted by Crippen LogP contribution is 2.26. The van der Waals surface area contributed by atoms with Gasteiger partial charge in [0.05, 0.1) is 28.4 Å². The molecule has 1 atom stereocenters. The molecule has 10 heteroatoms. The summed E-state index contributed by atoms with van der Waals surface area (Å²) in [5.74, 6) is -0.521. The van der Waals surface area contributed by atoms with Crippen LogP contribution >= 0.6 is 11.8 Å². The molecule has 1 saturated heterocycles. The lowest BCUT2D eigenvalue weighted by Crippen LogP contribution is -2.52. The van der Waals surface area contributed by atoms with Crippen LogP contribution in [0.2, 0.25) is 0 Å². The molecule has 0 N–H and O–H groups in total. The van der Waals surface area contributed by atoms with E-state index in [1.807, 2.05) is 0 Å². The quantitative estimate of drug-likeness (QED) is 0.408. The van der Waals surface area contributed by atoms with Crippen LogP contribution in [0, 0.1) is 5.82 Å². The van der Waals surface area contributed by atoms with E-state index in [1.54, 1.807) is 47.9 Å². The van der Waals surface area contributed by atoms with E-state index in [0.29, 0.717) is 54.5 Å². The average molecular weight is 485 g/mol. The molecule has 2 amide bonds. The number of piperazine rings is 1. The van der Waals surface area contributed by atoms with Crippen molar-refractivity contribution in [1.82, 2.24) is 19.4 Å². The van der Waals surface area contributed by atoms with Gasteiger partial charge in [0.1, 0.15) is 5.82 Å². The van der Waals surface area contributed by atoms with Crippen molar-refractivity contribution < 1.29 is 18.7 Å². The van der Waals surface area contributed by atoms with Crippen molar-refractivity contribution in [1.29, 1.82) is 0 Å². The van der Waals surface area contributed by atoms with Crippen molar-refractivity contribution in [2.75, 3.05) is 32.8 Å². The number of hydrogen-bond donors (Lipinski definition) is 0. The van der Waals surface area contributed by atoms with Gasteiger partial charge in [-0.1, -0.05) is 23.9 Å². The summed E-state index contributed by atoms with van der Waals surface area (Å²) in [6.45, 7) is 5.42. The molecule has 1 aromatic heterocycles. The number of para-hydroxylation sites is 1. The Hall–Kier alpha value is -3.40. The first-order valence-corrected chi connectivity index (χ1v) is 11.9. The number of carbonyl (C=O) groups excluding carboxylic acids is 2. The molecule has 2 aromatic carbocycles. The first-order valence-electron chi connectivity index (χ1n) is 11.0. The number of thioether (sulfide) groups is 1. The third kappa shape index (κ3) is 4.91. The molecular weight excluding hydrogens is 459 g/mol. The lowest BCUT2D eigenvalue weighted by atomic mass is 10.2. The SMILES string of the molecule is CCOC(=O)N1CCN(C(=O)C(C)Sc2nc3ccccc3c(=O)n2-c2ccc(F)cc2)CC1. The van der Waals surface area contributed by atoms with Crippen molar-refractivity contribution in [3.05, 3.63) is 64.7 Å². The monoisotopic (exact) mass is 484 g/mol. The molecule has 2 heterocycles. The van der Waals surface area contributed by atoms with Gasteiger partial charge in [0.2, 0.25) is 5.91 Å². The zero-order chi connectivity index (χ0) is 24.2. The Morgan fingerprint density at radius 3 is 2.38 bits per heavy atom. The van der Waals surface area contributed by atoms with Crippen molar-refractivity contribution >= 4 is 34.7 Å². The normalized spacial score (nSPS) is 14.8. The van der Waals surface area contributed by atoms with Gasteiger partial charge in [-0.3, -0.25) is 14.2 Å². The minimum absolute atomic E-state index is 0.110. The summed E-state index contributed by atoms with van der Waals surface area (Å²) in [6.07, 6.45) is -0.374. The lowest BCUT2D eigenvalue weighted by molar-refractivity contribution is -0.131. The Morgan fingerprint density at radius 1 is 1.06 bits per heavy atom. The number of aromatic nitrogens is 2. The average Bonchev–Trinajstić information content (AvgIpc) is 2.85. The maximum absolute atomic E-state index is 13.5. The molecule has 1 aliphatic rings. The summed E-state index contributed by atoms with van der Waals surface area (Å²) < 4.78 is 19.9. The van der Waals surface area contributed by atoms with E-state index in [2.05, 4.69) is 4.98 Å². The van der Waals surface area contributed by atoms with Gasteiger partial charge in [-0.15, -0.1) is 0 Å². The Kier molecular flexibility index (Phi) is 7.16. The molecule has 0 aliphatic carbocycles. The molecule has 0 radical (unpaired) electrons. The summed E-state index contributed by atoms with van der Waals surface area (Å²) in [4.78, 5) is 46.3. The Bertz CT molecular complexity index is 1260. The summed E-state index contributed by atoms with van der Waals surface area (Å²) in [6, 6.07) is 12.6. The zero-order valence-corrected chi connectivity index (χ0v) is 19.8. The molecule has 4 rings (SSSR count). The number of fused-ring (bicyclic) bond motifs is 1. The van der Waals surface area contributed by atoms with Gasteiger partial charge in [-0.2, -0.15) is 0 Å². The van der Waals surface area contributed by atoms with E-state index in [1.165, 1.54) is 40.6 Å². The Morgan fingerprint density at radius 2 is 1.71 bits per heavy atom. The van der Waals surface area contributed by atoms with Crippen LogP contribution in [0.4, 0.5) is 9.18 Å². The first-order chi connectivity index (χ1) is 16.4. The molecule has 0 spiro atoms. The third-order valence-electron chi connectivity index (χ3n) is 5.58. The van der Waals surface area contributed by atoms with E-state index < -0.39 is 11.1 Å². The van der Waals surface area contributed by atoms with Crippen LogP contribution in [0.15, 0.2) is 58.5 Å². The summed E-state index contributed by atoms with van der Waals surface area (Å²) in [5, 5.41) is 0.250. The zero-order valence-electron chi connectivity index (χ0n) is 18.9. The Labute approximate surface area is 200 Å². The molecule has 0 bridgehead atoms. The van der Waals surface area contributed by atoms with Gasteiger partial charge < -0.3 is 14.5 Å². The van der Waals surface area contributed by atoms with Gasteiger partial charge in [0.25, 0.3) is 5.56 Å². The molecule has 1 aliphatic heterocycles. The second-order valence-corrected chi connectivity index (χ2v) is 9.11. The number of nitrogens with zero attached hydrogens (tertiary/aromatic N) is 4. The third-order valence-corrected chi connectivity index (χ3v) is 6.62.